The summed E-state index contributed by atoms with van der Waals surface area (Å²) in [5, 5.41) is 3.40. The molecule has 1 aromatic heterocycles. The molecule has 0 aromatic carbocycles. The summed E-state index contributed by atoms with van der Waals surface area (Å²) < 4.78 is 5.16. The van der Waals surface area contributed by atoms with Crippen LogP contribution in [-0.2, 0) is 0 Å². The molecule has 0 aliphatic carbocycles. The van der Waals surface area contributed by atoms with Crippen molar-refractivity contribution in [1.29, 1.82) is 0 Å². The number of aromatic nitrogens is 2. The van der Waals surface area contributed by atoms with Gasteiger partial charge in [-0.05, 0) is 19.8 Å². The van der Waals surface area contributed by atoms with Gasteiger partial charge in [0.2, 0.25) is 5.88 Å². The van der Waals surface area contributed by atoms with Crippen molar-refractivity contribution in [2.24, 2.45) is 5.92 Å². The Kier molecular flexibility index (Phi) is 4.52. The van der Waals surface area contributed by atoms with E-state index >= 15 is 0 Å². The van der Waals surface area contributed by atoms with Crippen molar-refractivity contribution >= 4 is 5.82 Å². The fourth-order valence-corrected chi connectivity index (χ4v) is 1.50. The van der Waals surface area contributed by atoms with Gasteiger partial charge in [-0.1, -0.05) is 20.3 Å². The molecule has 1 rings (SSSR count). The maximum atomic E-state index is 5.16. The number of ether oxygens (including phenoxy) is 1. The van der Waals surface area contributed by atoms with Crippen LogP contribution in [0.4, 0.5) is 5.82 Å². The second-order valence-electron chi connectivity index (χ2n) is 4.18. The van der Waals surface area contributed by atoms with Crippen molar-refractivity contribution in [1.82, 2.24) is 9.97 Å². The predicted octanol–water partition coefficient (Wildman–Crippen LogP) is 2.64. The molecule has 0 radical (unpaired) electrons. The Bertz CT molecular complexity index is 341. The summed E-state index contributed by atoms with van der Waals surface area (Å²) in [5.74, 6) is 2.11. The van der Waals surface area contributed by atoms with E-state index in [1.54, 1.807) is 7.11 Å². The Labute approximate surface area is 97.5 Å². The number of hydrogen-bond acceptors (Lipinski definition) is 4. The molecule has 0 amide bonds. The lowest BCUT2D eigenvalue weighted by Crippen LogP contribution is -2.24. The molecule has 0 saturated carbocycles. The lowest BCUT2D eigenvalue weighted by Gasteiger charge is -2.21. The molecule has 4 nitrogen and oxygen atoms in total. The number of rotatable bonds is 5. The van der Waals surface area contributed by atoms with Crippen LogP contribution in [0.15, 0.2) is 6.33 Å². The number of anilines is 1. The van der Waals surface area contributed by atoms with E-state index in [-0.39, 0.29) is 0 Å². The van der Waals surface area contributed by atoms with Crippen LogP contribution >= 0.6 is 0 Å². The van der Waals surface area contributed by atoms with Gasteiger partial charge in [0.15, 0.2) is 0 Å². The van der Waals surface area contributed by atoms with Crippen molar-refractivity contribution in [2.45, 2.75) is 40.2 Å². The number of nitrogens with one attached hydrogen (secondary N) is 1. The normalized spacial score (nSPS) is 14.3. The van der Waals surface area contributed by atoms with Crippen LogP contribution in [-0.4, -0.2) is 23.1 Å². The molecule has 2 atom stereocenters. The van der Waals surface area contributed by atoms with Crippen LogP contribution in [0.5, 0.6) is 5.88 Å². The lowest BCUT2D eigenvalue weighted by molar-refractivity contribution is 0.393. The van der Waals surface area contributed by atoms with Gasteiger partial charge in [-0.15, -0.1) is 0 Å². The standard InChI is InChI=1S/C12H21N3O/c1-6-8(2)10(4)15-11-9(3)12(16-5)14-7-13-11/h7-8,10H,6H2,1-5H3,(H,13,14,15). The van der Waals surface area contributed by atoms with Crippen molar-refractivity contribution < 1.29 is 4.74 Å². The number of hydrogen-bond donors (Lipinski definition) is 1. The fraction of sp³-hybridized carbons (Fsp3) is 0.667. The minimum absolute atomic E-state index is 0.392. The van der Waals surface area contributed by atoms with E-state index in [1.807, 2.05) is 6.92 Å². The smallest absolute Gasteiger partial charge is 0.221 e. The van der Waals surface area contributed by atoms with Gasteiger partial charge < -0.3 is 10.1 Å². The zero-order valence-electron chi connectivity index (χ0n) is 10.7. The van der Waals surface area contributed by atoms with E-state index < -0.39 is 0 Å². The van der Waals surface area contributed by atoms with E-state index in [9.17, 15) is 0 Å². The third-order valence-electron chi connectivity index (χ3n) is 3.09. The van der Waals surface area contributed by atoms with E-state index in [2.05, 4.69) is 36.1 Å². The average molecular weight is 223 g/mol. The molecule has 90 valence electrons. The van der Waals surface area contributed by atoms with Gasteiger partial charge in [-0.3, -0.25) is 0 Å². The van der Waals surface area contributed by atoms with Crippen LogP contribution in [0.1, 0.15) is 32.8 Å². The third kappa shape index (κ3) is 2.84. The second-order valence-corrected chi connectivity index (χ2v) is 4.18. The first-order chi connectivity index (χ1) is 7.60. The summed E-state index contributed by atoms with van der Waals surface area (Å²) in [5.41, 5.74) is 0.958. The molecule has 4 heteroatoms. The van der Waals surface area contributed by atoms with Crippen molar-refractivity contribution in [3.8, 4) is 5.88 Å². The van der Waals surface area contributed by atoms with Crippen LogP contribution in [0.2, 0.25) is 0 Å². The molecule has 1 heterocycles. The molecule has 0 fully saturated rings. The Morgan fingerprint density at radius 2 is 2.06 bits per heavy atom. The Balaban J connectivity index is 2.81. The molecule has 1 N–H and O–H groups in total. The first-order valence-corrected chi connectivity index (χ1v) is 5.72. The van der Waals surface area contributed by atoms with Gasteiger partial charge in [-0.25, -0.2) is 9.97 Å². The summed E-state index contributed by atoms with van der Waals surface area (Å²) in [6.07, 6.45) is 2.67. The van der Waals surface area contributed by atoms with Gasteiger partial charge in [0.05, 0.1) is 12.7 Å². The quantitative estimate of drug-likeness (QED) is 0.833. The SMILES string of the molecule is CCC(C)C(C)Nc1ncnc(OC)c1C. The lowest BCUT2D eigenvalue weighted by atomic mass is 10.0. The molecule has 2 unspecified atom stereocenters. The van der Waals surface area contributed by atoms with Gasteiger partial charge in [0.1, 0.15) is 12.1 Å². The first-order valence-electron chi connectivity index (χ1n) is 5.72. The largest absolute Gasteiger partial charge is 0.481 e. The third-order valence-corrected chi connectivity index (χ3v) is 3.09. The zero-order valence-corrected chi connectivity index (χ0v) is 10.7. The molecule has 0 aliphatic heterocycles. The van der Waals surface area contributed by atoms with Crippen LogP contribution in [0.3, 0.4) is 0 Å². The molecule has 0 bridgehead atoms. The maximum Gasteiger partial charge on any atom is 0.221 e. The maximum absolute atomic E-state index is 5.16. The molecule has 0 aliphatic rings. The monoisotopic (exact) mass is 223 g/mol. The van der Waals surface area contributed by atoms with Gasteiger partial charge in [0.25, 0.3) is 0 Å². The molecule has 0 saturated heterocycles. The topological polar surface area (TPSA) is 47.0 Å². The van der Waals surface area contributed by atoms with Crippen LogP contribution < -0.4 is 10.1 Å². The second kappa shape index (κ2) is 5.68. The molecule has 0 spiro atoms. The molecule has 16 heavy (non-hydrogen) atoms. The van der Waals surface area contributed by atoms with Crippen molar-refractivity contribution in [3.63, 3.8) is 0 Å². The highest BCUT2D eigenvalue weighted by Crippen LogP contribution is 2.22. The van der Waals surface area contributed by atoms with Gasteiger partial charge >= 0.3 is 0 Å². The van der Waals surface area contributed by atoms with E-state index in [1.165, 1.54) is 6.33 Å². The predicted molar refractivity (Wildman–Crippen MR) is 65.9 cm³/mol. The van der Waals surface area contributed by atoms with Crippen LogP contribution in [0.25, 0.3) is 0 Å². The molecular weight excluding hydrogens is 202 g/mol. The molecule has 1 aromatic rings. The summed E-state index contributed by atoms with van der Waals surface area (Å²) in [4.78, 5) is 8.30. The van der Waals surface area contributed by atoms with E-state index in [0.717, 1.165) is 17.8 Å². The van der Waals surface area contributed by atoms with E-state index in [0.29, 0.717) is 17.8 Å². The Morgan fingerprint density at radius 1 is 1.38 bits per heavy atom. The molecular formula is C12H21N3O. The summed E-state index contributed by atoms with van der Waals surface area (Å²) in [6, 6.07) is 0.392. The van der Waals surface area contributed by atoms with E-state index in [4.69, 9.17) is 4.74 Å². The number of methoxy groups -OCH3 is 1. The van der Waals surface area contributed by atoms with Gasteiger partial charge in [-0.2, -0.15) is 0 Å². The van der Waals surface area contributed by atoms with Crippen molar-refractivity contribution in [2.75, 3.05) is 12.4 Å². The highest BCUT2D eigenvalue weighted by atomic mass is 16.5. The number of nitrogens with zero attached hydrogens (tertiary/aromatic N) is 2. The Morgan fingerprint density at radius 3 is 2.62 bits per heavy atom. The average Bonchev–Trinajstić information content (AvgIpc) is 2.30. The minimum Gasteiger partial charge on any atom is -0.481 e. The zero-order chi connectivity index (χ0) is 12.1. The highest BCUT2D eigenvalue weighted by molar-refractivity contribution is 5.48. The minimum atomic E-state index is 0.392. The fourth-order valence-electron chi connectivity index (χ4n) is 1.50. The Hall–Kier alpha value is -1.32. The summed E-state index contributed by atoms with van der Waals surface area (Å²) in [6.45, 7) is 8.55. The van der Waals surface area contributed by atoms with Crippen molar-refractivity contribution in [3.05, 3.63) is 11.9 Å². The summed E-state index contributed by atoms with van der Waals surface area (Å²) >= 11 is 0. The highest BCUT2D eigenvalue weighted by Gasteiger charge is 2.13. The van der Waals surface area contributed by atoms with Crippen LogP contribution in [0, 0.1) is 12.8 Å². The van der Waals surface area contributed by atoms with Gasteiger partial charge in [0, 0.05) is 6.04 Å². The summed E-state index contributed by atoms with van der Waals surface area (Å²) in [7, 11) is 1.62. The first kappa shape index (κ1) is 12.7.